The van der Waals surface area contributed by atoms with Crippen molar-refractivity contribution in [1.29, 1.82) is 0 Å². The molecule has 0 radical (unpaired) electrons. The van der Waals surface area contributed by atoms with Gasteiger partial charge in [0.15, 0.2) is 0 Å². The minimum Gasteiger partial charge on any atom is -0.391 e. The maximum Gasteiger partial charge on any atom is 0.142 e. The predicted molar refractivity (Wildman–Crippen MR) is 59.2 cm³/mol. The molecule has 0 aliphatic rings. The van der Waals surface area contributed by atoms with Crippen LogP contribution in [0.4, 0.5) is 4.39 Å². The Hall–Kier alpha value is -0.640. The lowest BCUT2D eigenvalue weighted by molar-refractivity contribution is 0.0978. The van der Waals surface area contributed by atoms with Gasteiger partial charge in [-0.05, 0) is 23.6 Å². The largest absolute Gasteiger partial charge is 0.391 e. The van der Waals surface area contributed by atoms with Crippen molar-refractivity contribution in [2.75, 3.05) is 0 Å². The van der Waals surface area contributed by atoms with Gasteiger partial charge in [0.2, 0.25) is 0 Å². The number of halogens is 2. The number of aliphatic hydroxyl groups excluding tert-OH is 1. The fraction of sp³-hybridized carbons (Fsp3) is 0.455. The molecule has 2 atom stereocenters. The Morgan fingerprint density at radius 2 is 2.00 bits per heavy atom. The van der Waals surface area contributed by atoms with E-state index in [4.69, 9.17) is 17.3 Å². The lowest BCUT2D eigenvalue weighted by atomic mass is 9.94. The van der Waals surface area contributed by atoms with E-state index in [9.17, 15) is 9.50 Å². The van der Waals surface area contributed by atoms with E-state index in [1.54, 1.807) is 6.07 Å². The van der Waals surface area contributed by atoms with Gasteiger partial charge in [0.25, 0.3) is 0 Å². The third-order valence-corrected chi connectivity index (χ3v) is 2.69. The van der Waals surface area contributed by atoms with Gasteiger partial charge < -0.3 is 10.8 Å². The third-order valence-electron chi connectivity index (χ3n) is 2.38. The highest BCUT2D eigenvalue weighted by Gasteiger charge is 2.20. The molecular weight excluding hydrogens is 217 g/mol. The van der Waals surface area contributed by atoms with Crippen LogP contribution in [-0.4, -0.2) is 11.2 Å². The molecule has 3 N–H and O–H groups in total. The smallest absolute Gasteiger partial charge is 0.142 e. The number of hydrogen-bond acceptors (Lipinski definition) is 2. The predicted octanol–water partition coefficient (Wildman–Crippen LogP) is 2.50. The molecule has 1 aromatic carbocycles. The molecule has 0 unspecified atom stereocenters. The third kappa shape index (κ3) is 2.91. The summed E-state index contributed by atoms with van der Waals surface area (Å²) in [5.41, 5.74) is 6.35. The average Bonchev–Trinajstić information content (AvgIpc) is 2.19. The van der Waals surface area contributed by atoms with E-state index in [2.05, 4.69) is 0 Å². The van der Waals surface area contributed by atoms with Gasteiger partial charge in [-0.2, -0.15) is 0 Å². The lowest BCUT2D eigenvalue weighted by Gasteiger charge is -2.22. The molecule has 0 aliphatic heterocycles. The summed E-state index contributed by atoms with van der Waals surface area (Å²) in [5.74, 6) is -0.487. The lowest BCUT2D eigenvalue weighted by Crippen LogP contribution is -2.30. The fourth-order valence-electron chi connectivity index (χ4n) is 1.33. The van der Waals surface area contributed by atoms with Gasteiger partial charge in [0.05, 0.1) is 17.2 Å². The van der Waals surface area contributed by atoms with Crippen LogP contribution >= 0.6 is 11.6 Å². The van der Waals surface area contributed by atoms with Crippen LogP contribution in [0.3, 0.4) is 0 Å². The number of hydrogen-bond donors (Lipinski definition) is 2. The Kier molecular flexibility index (Phi) is 4.08. The first-order chi connectivity index (χ1) is 6.93. The van der Waals surface area contributed by atoms with E-state index in [-0.39, 0.29) is 10.9 Å². The first kappa shape index (κ1) is 12.4. The molecular formula is C11H15ClFNO. The highest BCUT2D eigenvalue weighted by Crippen LogP contribution is 2.23. The molecule has 1 rings (SSSR count). The van der Waals surface area contributed by atoms with E-state index < -0.39 is 18.0 Å². The molecule has 0 amide bonds. The second-order valence-corrected chi connectivity index (χ2v) is 4.34. The van der Waals surface area contributed by atoms with Gasteiger partial charge in [-0.1, -0.05) is 31.5 Å². The normalized spacial score (nSPS) is 15.4. The van der Waals surface area contributed by atoms with Crippen molar-refractivity contribution in [3.05, 3.63) is 34.6 Å². The van der Waals surface area contributed by atoms with E-state index in [1.807, 2.05) is 13.8 Å². The molecule has 0 heterocycles. The first-order valence-electron chi connectivity index (χ1n) is 4.82. The number of aliphatic hydroxyl groups is 1. The van der Waals surface area contributed by atoms with Crippen molar-refractivity contribution >= 4 is 11.6 Å². The molecule has 0 aliphatic carbocycles. The zero-order chi connectivity index (χ0) is 11.6. The van der Waals surface area contributed by atoms with Crippen molar-refractivity contribution in [3.63, 3.8) is 0 Å². The summed E-state index contributed by atoms with van der Waals surface area (Å²) < 4.78 is 13.1. The zero-order valence-electron chi connectivity index (χ0n) is 8.74. The van der Waals surface area contributed by atoms with Crippen LogP contribution in [0.25, 0.3) is 0 Å². The van der Waals surface area contributed by atoms with Crippen LogP contribution in [0.2, 0.25) is 5.02 Å². The van der Waals surface area contributed by atoms with Crippen molar-refractivity contribution in [1.82, 2.24) is 0 Å². The van der Waals surface area contributed by atoms with Crippen molar-refractivity contribution < 1.29 is 9.50 Å². The number of benzene rings is 1. The Labute approximate surface area is 93.9 Å². The Morgan fingerprint density at radius 3 is 2.47 bits per heavy atom. The molecule has 1 aromatic rings. The molecule has 0 aromatic heterocycles. The van der Waals surface area contributed by atoms with Crippen LogP contribution in [0.5, 0.6) is 0 Å². The standard InChI is InChI=1S/C11H15ClFNO/c1-6(2)11(15)10(14)7-3-4-8(12)9(13)5-7/h3-6,10-11,15H,14H2,1-2H3/t10-,11+/m1/s1. The number of nitrogens with two attached hydrogens (primary N) is 1. The van der Waals surface area contributed by atoms with E-state index >= 15 is 0 Å². The Bertz CT molecular complexity index is 343. The molecule has 0 saturated heterocycles. The van der Waals surface area contributed by atoms with Crippen LogP contribution in [-0.2, 0) is 0 Å². The number of rotatable bonds is 3. The minimum atomic E-state index is -0.689. The molecule has 0 spiro atoms. The summed E-state index contributed by atoms with van der Waals surface area (Å²) in [6.07, 6.45) is -0.689. The topological polar surface area (TPSA) is 46.2 Å². The molecule has 0 saturated carbocycles. The summed E-state index contributed by atoms with van der Waals surface area (Å²) in [6.45, 7) is 3.72. The summed E-state index contributed by atoms with van der Waals surface area (Å²) in [5, 5.41) is 9.79. The maximum atomic E-state index is 13.1. The van der Waals surface area contributed by atoms with Gasteiger partial charge in [-0.25, -0.2) is 4.39 Å². The molecule has 84 valence electrons. The van der Waals surface area contributed by atoms with Gasteiger partial charge in [-0.15, -0.1) is 0 Å². The molecule has 4 heteroatoms. The van der Waals surface area contributed by atoms with Gasteiger partial charge in [0, 0.05) is 0 Å². The van der Waals surface area contributed by atoms with E-state index in [0.29, 0.717) is 5.56 Å². The average molecular weight is 232 g/mol. The Morgan fingerprint density at radius 1 is 1.40 bits per heavy atom. The highest BCUT2D eigenvalue weighted by molar-refractivity contribution is 6.30. The first-order valence-corrected chi connectivity index (χ1v) is 5.20. The van der Waals surface area contributed by atoms with Gasteiger partial charge >= 0.3 is 0 Å². The van der Waals surface area contributed by atoms with E-state index in [1.165, 1.54) is 12.1 Å². The van der Waals surface area contributed by atoms with Crippen LogP contribution in [0.15, 0.2) is 18.2 Å². The highest BCUT2D eigenvalue weighted by atomic mass is 35.5. The van der Waals surface area contributed by atoms with Crippen molar-refractivity contribution in [2.45, 2.75) is 26.0 Å². The summed E-state index contributed by atoms with van der Waals surface area (Å²) in [6, 6.07) is 3.75. The summed E-state index contributed by atoms with van der Waals surface area (Å²) >= 11 is 5.55. The van der Waals surface area contributed by atoms with Crippen LogP contribution < -0.4 is 5.73 Å². The van der Waals surface area contributed by atoms with Crippen molar-refractivity contribution in [2.24, 2.45) is 11.7 Å². The summed E-state index contributed by atoms with van der Waals surface area (Å²) in [4.78, 5) is 0. The van der Waals surface area contributed by atoms with Crippen LogP contribution in [0.1, 0.15) is 25.5 Å². The van der Waals surface area contributed by atoms with Crippen LogP contribution in [0, 0.1) is 11.7 Å². The van der Waals surface area contributed by atoms with Gasteiger partial charge in [-0.3, -0.25) is 0 Å². The quantitative estimate of drug-likeness (QED) is 0.840. The minimum absolute atomic E-state index is 0.0266. The molecule has 0 bridgehead atoms. The summed E-state index contributed by atoms with van der Waals surface area (Å²) in [7, 11) is 0. The molecule has 0 fully saturated rings. The SMILES string of the molecule is CC(C)[C@H](O)[C@H](N)c1ccc(Cl)c(F)c1. The molecule has 15 heavy (non-hydrogen) atoms. The second kappa shape index (κ2) is 4.92. The molecule has 2 nitrogen and oxygen atoms in total. The van der Waals surface area contributed by atoms with E-state index in [0.717, 1.165) is 0 Å². The Balaban J connectivity index is 2.91. The fourth-order valence-corrected chi connectivity index (χ4v) is 1.45. The maximum absolute atomic E-state index is 13.1. The zero-order valence-corrected chi connectivity index (χ0v) is 9.50. The van der Waals surface area contributed by atoms with Crippen molar-refractivity contribution in [3.8, 4) is 0 Å². The second-order valence-electron chi connectivity index (χ2n) is 3.93. The monoisotopic (exact) mass is 231 g/mol. The van der Waals surface area contributed by atoms with Gasteiger partial charge in [0.1, 0.15) is 5.82 Å².